The quantitative estimate of drug-likeness (QED) is 0.174. The van der Waals surface area contributed by atoms with Crippen LogP contribution in [0.15, 0.2) is 279 Å². The highest BCUT2D eigenvalue weighted by molar-refractivity contribution is 6.28. The van der Waals surface area contributed by atoms with Gasteiger partial charge in [-0.25, -0.2) is 19.9 Å². The van der Waals surface area contributed by atoms with Crippen LogP contribution in [0, 0.1) is 0 Å². The zero-order valence-corrected chi connectivity index (χ0v) is 45.4. The molecule has 6 nitrogen and oxygen atoms in total. The average Bonchev–Trinajstić information content (AvgIpc) is 3.88. The van der Waals surface area contributed by atoms with E-state index in [1.54, 1.807) is 0 Å². The molecule has 0 bridgehead atoms. The first-order chi connectivity index (χ1) is 41.1. The topological polar surface area (TPSA) is 72.3 Å². The van der Waals surface area contributed by atoms with E-state index in [-0.39, 0.29) is 5.28 Å². The second kappa shape index (κ2) is 19.8. The number of fused-ring (bicyclic) bond motifs is 14. The van der Waals surface area contributed by atoms with Gasteiger partial charge in [0.05, 0.1) is 39.3 Å². The van der Waals surface area contributed by atoms with Crippen LogP contribution in [-0.4, -0.2) is 29.5 Å². The third-order valence-corrected chi connectivity index (χ3v) is 16.5. The maximum atomic E-state index is 6.03. The lowest BCUT2D eigenvalue weighted by molar-refractivity contribution is 0.996. The minimum Gasteiger partial charge on any atom is -0.354 e. The van der Waals surface area contributed by atoms with E-state index < -0.39 is 0 Å². The fraction of sp³-hybridized carbons (Fsp3) is 0. The zero-order chi connectivity index (χ0) is 55.0. The van der Waals surface area contributed by atoms with Crippen LogP contribution in [0.5, 0.6) is 0 Å². The number of para-hydroxylation sites is 2. The first-order valence-corrected chi connectivity index (χ1v) is 28.3. The van der Waals surface area contributed by atoms with Gasteiger partial charge < -0.3 is 4.98 Å². The van der Waals surface area contributed by atoms with Crippen molar-refractivity contribution >= 4 is 76.8 Å². The standard InChI is InChI=1S/C38H23N3.C22H13N.C16H11ClN2/c1-3-11-24(12-4-1)32-23-33(25-13-5-2-6-14-25)40-38(39-32)41-34-20-8-7-17-27(34)30-22-21-29-28-18-9-15-26-16-10-19-31(35(26)28)36(29)37(30)41;1-2-10-19-14(7-1)17-12-11-16-15-8-3-5-13-6-4-9-18(20(13)15)21(16)22(17)23-19;17-16-18-14(12-7-3-1-4-8-12)11-15(19-16)13-9-5-2-6-10-13/h1-23H;1-12,23H;1-11H. The SMILES string of the molecule is Clc1nc(-c2ccccc2)cc(-c2ccccc2)n1.c1cc2c3c(cccc3c1)-c1c-2ccc2c1[nH]c1ccccc12.c1ccc(-c2cc(-c3ccccc3)nc(-n3c4ccccc4c4ccc5c(c43)-c3cccc4cccc-5c34)n2)cc1. The number of nitrogens with zero attached hydrogens (tertiary/aromatic N) is 5. The first-order valence-electron chi connectivity index (χ1n) is 27.9. The van der Waals surface area contributed by atoms with E-state index in [9.17, 15) is 0 Å². The molecule has 0 aliphatic heterocycles. The van der Waals surface area contributed by atoms with Gasteiger partial charge in [0, 0.05) is 60.4 Å². The number of hydrogen-bond donors (Lipinski definition) is 1. The van der Waals surface area contributed by atoms with E-state index in [1.165, 1.54) is 98.6 Å². The maximum absolute atomic E-state index is 6.03. The lowest BCUT2D eigenvalue weighted by atomic mass is 10.0. The fourth-order valence-corrected chi connectivity index (χ4v) is 12.9. The molecule has 0 unspecified atom stereocenters. The molecular formula is C76H47ClN6. The Kier molecular flexibility index (Phi) is 11.5. The third kappa shape index (κ3) is 8.10. The highest BCUT2D eigenvalue weighted by Crippen LogP contribution is 2.53. The van der Waals surface area contributed by atoms with Crippen molar-refractivity contribution in [3.8, 4) is 95.5 Å². The van der Waals surface area contributed by atoms with Gasteiger partial charge in [-0.2, -0.15) is 0 Å². The van der Waals surface area contributed by atoms with Crippen molar-refractivity contribution in [2.75, 3.05) is 0 Å². The number of H-pyrrole nitrogens is 1. The number of hydrogen-bond acceptors (Lipinski definition) is 4. The Morgan fingerprint density at radius 1 is 0.313 bits per heavy atom. The molecule has 2 aliphatic rings. The van der Waals surface area contributed by atoms with E-state index in [0.29, 0.717) is 5.95 Å². The zero-order valence-electron chi connectivity index (χ0n) is 44.7. The molecule has 18 rings (SSSR count). The molecule has 4 heterocycles. The Morgan fingerprint density at radius 3 is 1.27 bits per heavy atom. The fourth-order valence-electron chi connectivity index (χ4n) is 12.7. The van der Waals surface area contributed by atoms with Gasteiger partial charge in [-0.1, -0.05) is 255 Å². The molecule has 0 amide bonds. The van der Waals surface area contributed by atoms with E-state index in [0.717, 1.165) is 56.1 Å². The minimum absolute atomic E-state index is 0.264. The predicted octanol–water partition coefficient (Wildman–Crippen LogP) is 20.3. The van der Waals surface area contributed by atoms with Crippen LogP contribution in [-0.2, 0) is 0 Å². The van der Waals surface area contributed by atoms with Crippen LogP contribution in [0.25, 0.3) is 161 Å². The summed E-state index contributed by atoms with van der Waals surface area (Å²) < 4.78 is 2.28. The smallest absolute Gasteiger partial charge is 0.235 e. The van der Waals surface area contributed by atoms with E-state index in [2.05, 4.69) is 220 Å². The highest BCUT2D eigenvalue weighted by atomic mass is 35.5. The van der Waals surface area contributed by atoms with Gasteiger partial charge in [0.25, 0.3) is 0 Å². The van der Waals surface area contributed by atoms with Crippen molar-refractivity contribution in [1.29, 1.82) is 0 Å². The largest absolute Gasteiger partial charge is 0.354 e. The van der Waals surface area contributed by atoms with Crippen LogP contribution in [0.4, 0.5) is 0 Å². The molecule has 83 heavy (non-hydrogen) atoms. The molecule has 0 spiro atoms. The molecule has 0 fully saturated rings. The molecule has 1 N–H and O–H groups in total. The van der Waals surface area contributed by atoms with Crippen molar-refractivity contribution in [3.05, 3.63) is 284 Å². The number of aromatic amines is 1. The summed E-state index contributed by atoms with van der Waals surface area (Å²) in [6, 6.07) is 97.5. The van der Waals surface area contributed by atoms with Gasteiger partial charge >= 0.3 is 0 Å². The summed E-state index contributed by atoms with van der Waals surface area (Å²) in [6.07, 6.45) is 0. The Morgan fingerprint density at radius 2 is 0.735 bits per heavy atom. The second-order valence-corrected chi connectivity index (χ2v) is 21.4. The molecule has 0 saturated heterocycles. The number of benzene rings is 12. The number of rotatable bonds is 5. The summed E-state index contributed by atoms with van der Waals surface area (Å²) in [5.41, 5.74) is 22.8. The van der Waals surface area contributed by atoms with Crippen molar-refractivity contribution in [2.45, 2.75) is 0 Å². The van der Waals surface area contributed by atoms with Crippen LogP contribution >= 0.6 is 11.6 Å². The van der Waals surface area contributed by atoms with Crippen molar-refractivity contribution in [3.63, 3.8) is 0 Å². The van der Waals surface area contributed by atoms with E-state index in [4.69, 9.17) is 21.6 Å². The first kappa shape index (κ1) is 48.1. The van der Waals surface area contributed by atoms with Gasteiger partial charge in [-0.3, -0.25) is 4.57 Å². The summed E-state index contributed by atoms with van der Waals surface area (Å²) in [4.78, 5) is 22.7. The van der Waals surface area contributed by atoms with Crippen LogP contribution in [0.3, 0.4) is 0 Å². The number of halogens is 1. The third-order valence-electron chi connectivity index (χ3n) is 16.3. The average molecular weight is 1080 g/mol. The predicted molar refractivity (Wildman–Crippen MR) is 345 cm³/mol. The normalized spacial score (nSPS) is 11.7. The molecular weight excluding hydrogens is 1030 g/mol. The van der Waals surface area contributed by atoms with Crippen LogP contribution in [0.2, 0.25) is 5.28 Å². The van der Waals surface area contributed by atoms with Gasteiger partial charge in [0.15, 0.2) is 0 Å². The molecule has 0 atom stereocenters. The summed E-state index contributed by atoms with van der Waals surface area (Å²) in [5.74, 6) is 0.674. The second-order valence-electron chi connectivity index (χ2n) is 21.0. The van der Waals surface area contributed by atoms with Crippen LogP contribution < -0.4 is 0 Å². The minimum atomic E-state index is 0.264. The van der Waals surface area contributed by atoms with Crippen molar-refractivity contribution in [2.24, 2.45) is 0 Å². The number of aromatic nitrogens is 6. The van der Waals surface area contributed by atoms with Gasteiger partial charge in [0.2, 0.25) is 11.2 Å². The molecule has 388 valence electrons. The van der Waals surface area contributed by atoms with Crippen molar-refractivity contribution in [1.82, 2.24) is 29.5 Å². The lowest BCUT2D eigenvalue weighted by Crippen LogP contribution is -2.04. The Hall–Kier alpha value is -10.8. The molecule has 2 aliphatic carbocycles. The lowest BCUT2D eigenvalue weighted by Gasteiger charge is -2.13. The molecule has 7 heteroatoms. The van der Waals surface area contributed by atoms with Gasteiger partial charge in [-0.05, 0) is 90.8 Å². The van der Waals surface area contributed by atoms with Gasteiger partial charge in [0.1, 0.15) is 0 Å². The molecule has 0 radical (unpaired) electrons. The summed E-state index contributed by atoms with van der Waals surface area (Å²) in [5, 5.41) is 10.6. The van der Waals surface area contributed by atoms with Crippen LogP contribution in [0.1, 0.15) is 0 Å². The summed E-state index contributed by atoms with van der Waals surface area (Å²) in [6.45, 7) is 0. The summed E-state index contributed by atoms with van der Waals surface area (Å²) in [7, 11) is 0. The van der Waals surface area contributed by atoms with E-state index in [1.807, 2.05) is 78.9 Å². The molecule has 12 aromatic carbocycles. The van der Waals surface area contributed by atoms with Gasteiger partial charge in [-0.15, -0.1) is 0 Å². The summed E-state index contributed by atoms with van der Waals surface area (Å²) >= 11 is 6.03. The van der Waals surface area contributed by atoms with Crippen molar-refractivity contribution < 1.29 is 0 Å². The monoisotopic (exact) mass is 1080 g/mol. The molecule has 0 saturated carbocycles. The van der Waals surface area contributed by atoms with E-state index >= 15 is 0 Å². The molecule has 16 aromatic rings. The Bertz CT molecular complexity index is 5080. The maximum Gasteiger partial charge on any atom is 0.235 e. The Balaban J connectivity index is 0.000000113. The Labute approximate surface area is 483 Å². The molecule has 4 aromatic heterocycles. The highest BCUT2D eigenvalue weighted by Gasteiger charge is 2.28. The number of nitrogens with one attached hydrogen (secondary N) is 1.